The van der Waals surface area contributed by atoms with Gasteiger partial charge in [-0.25, -0.2) is 4.98 Å². The van der Waals surface area contributed by atoms with Crippen molar-refractivity contribution >= 4 is 16.6 Å². The molecule has 3 rings (SSSR count). The number of anilines is 1. The first kappa shape index (κ1) is 12.2. The molecule has 0 radical (unpaired) electrons. The number of nitrogens with zero attached hydrogens (tertiary/aromatic N) is 1. The zero-order valence-electron chi connectivity index (χ0n) is 10.9. The van der Waals surface area contributed by atoms with Crippen LogP contribution in [-0.4, -0.2) is 29.2 Å². The molecule has 1 aliphatic heterocycles. The van der Waals surface area contributed by atoms with Crippen LogP contribution in [0.3, 0.4) is 0 Å². The van der Waals surface area contributed by atoms with Crippen LogP contribution in [-0.2, 0) is 0 Å². The second-order valence-corrected chi connectivity index (χ2v) is 5.09. The predicted octanol–water partition coefficient (Wildman–Crippen LogP) is 2.49. The number of phenols is 1. The lowest BCUT2D eigenvalue weighted by atomic mass is 10.1. The largest absolute Gasteiger partial charge is 0.508 e. The molecular formula is C15H19N3O. The van der Waals surface area contributed by atoms with Gasteiger partial charge >= 0.3 is 0 Å². The molecule has 0 saturated carbocycles. The Labute approximate surface area is 112 Å². The zero-order valence-corrected chi connectivity index (χ0v) is 10.9. The van der Waals surface area contributed by atoms with E-state index in [0.717, 1.165) is 29.7 Å². The monoisotopic (exact) mass is 257 g/mol. The van der Waals surface area contributed by atoms with Gasteiger partial charge in [0, 0.05) is 24.2 Å². The first-order chi connectivity index (χ1) is 9.33. The van der Waals surface area contributed by atoms with Crippen molar-refractivity contribution in [2.24, 2.45) is 0 Å². The number of piperidine rings is 1. The average molecular weight is 257 g/mol. The van der Waals surface area contributed by atoms with Crippen LogP contribution in [0.2, 0.25) is 0 Å². The summed E-state index contributed by atoms with van der Waals surface area (Å²) in [4.78, 5) is 4.38. The number of aromatic hydroxyl groups is 1. The fourth-order valence-electron chi connectivity index (χ4n) is 2.62. The number of aromatic nitrogens is 1. The van der Waals surface area contributed by atoms with E-state index in [-0.39, 0.29) is 5.75 Å². The molecule has 1 aromatic carbocycles. The summed E-state index contributed by atoms with van der Waals surface area (Å²) in [5.41, 5.74) is 0. The highest BCUT2D eigenvalue weighted by Gasteiger charge is 2.12. The highest BCUT2D eigenvalue weighted by Crippen LogP contribution is 2.25. The van der Waals surface area contributed by atoms with E-state index in [1.807, 2.05) is 12.1 Å². The molecular weight excluding hydrogens is 238 g/mol. The average Bonchev–Trinajstić information content (AvgIpc) is 2.46. The second kappa shape index (κ2) is 5.45. The summed E-state index contributed by atoms with van der Waals surface area (Å²) in [7, 11) is 0. The topological polar surface area (TPSA) is 57.2 Å². The second-order valence-electron chi connectivity index (χ2n) is 5.09. The summed E-state index contributed by atoms with van der Waals surface area (Å²) in [6.07, 6.45) is 5.58. The smallest absolute Gasteiger partial charge is 0.134 e. The third-order valence-corrected chi connectivity index (χ3v) is 3.68. The SMILES string of the molecule is Oc1ccc2ccnc(NCC3CCCCN3)c2c1. The maximum Gasteiger partial charge on any atom is 0.134 e. The number of fused-ring (bicyclic) bond motifs is 1. The van der Waals surface area contributed by atoms with Crippen LogP contribution in [0, 0.1) is 0 Å². The fraction of sp³-hybridized carbons (Fsp3) is 0.400. The van der Waals surface area contributed by atoms with E-state index < -0.39 is 0 Å². The van der Waals surface area contributed by atoms with Gasteiger partial charge in [-0.1, -0.05) is 12.5 Å². The molecule has 0 spiro atoms. The number of hydrogen-bond acceptors (Lipinski definition) is 4. The Balaban J connectivity index is 1.78. The van der Waals surface area contributed by atoms with Crippen LogP contribution < -0.4 is 10.6 Å². The van der Waals surface area contributed by atoms with Crippen LogP contribution in [0.1, 0.15) is 19.3 Å². The molecule has 2 aromatic rings. The van der Waals surface area contributed by atoms with Crippen LogP contribution in [0.15, 0.2) is 30.5 Å². The molecule has 0 aliphatic carbocycles. The molecule has 0 bridgehead atoms. The number of pyridine rings is 1. The van der Waals surface area contributed by atoms with Gasteiger partial charge in [-0.3, -0.25) is 0 Å². The molecule has 1 atom stereocenters. The lowest BCUT2D eigenvalue weighted by molar-refractivity contribution is 0.414. The Morgan fingerprint density at radius 2 is 2.26 bits per heavy atom. The first-order valence-electron chi connectivity index (χ1n) is 6.88. The number of hydrogen-bond donors (Lipinski definition) is 3. The van der Waals surface area contributed by atoms with Crippen molar-refractivity contribution in [3.8, 4) is 5.75 Å². The molecule has 1 fully saturated rings. The summed E-state index contributed by atoms with van der Waals surface area (Å²) < 4.78 is 0. The summed E-state index contributed by atoms with van der Waals surface area (Å²) in [6.45, 7) is 1.98. The zero-order chi connectivity index (χ0) is 13.1. The Kier molecular flexibility index (Phi) is 3.51. The minimum absolute atomic E-state index is 0.277. The van der Waals surface area contributed by atoms with Crippen molar-refractivity contribution in [1.82, 2.24) is 10.3 Å². The Hall–Kier alpha value is -1.81. The summed E-state index contributed by atoms with van der Waals surface area (Å²) in [5.74, 6) is 1.13. The minimum atomic E-state index is 0.277. The Morgan fingerprint density at radius 1 is 1.32 bits per heavy atom. The molecule has 1 unspecified atom stereocenters. The Bertz CT molecular complexity index is 564. The van der Waals surface area contributed by atoms with E-state index >= 15 is 0 Å². The molecule has 1 saturated heterocycles. The van der Waals surface area contributed by atoms with Crippen LogP contribution in [0.5, 0.6) is 5.75 Å². The van der Waals surface area contributed by atoms with Crippen LogP contribution in [0.25, 0.3) is 10.8 Å². The number of rotatable bonds is 3. The van der Waals surface area contributed by atoms with E-state index in [2.05, 4.69) is 15.6 Å². The van der Waals surface area contributed by atoms with Gasteiger partial charge in [-0.2, -0.15) is 0 Å². The standard InChI is InChI=1S/C15H19N3O/c19-13-5-4-11-6-8-17-15(14(11)9-13)18-10-12-3-1-2-7-16-12/h4-6,8-9,12,16,19H,1-3,7,10H2,(H,17,18). The summed E-state index contributed by atoms with van der Waals surface area (Å²) in [6, 6.07) is 7.85. The van der Waals surface area contributed by atoms with E-state index in [1.165, 1.54) is 19.3 Å². The highest BCUT2D eigenvalue weighted by atomic mass is 16.3. The van der Waals surface area contributed by atoms with Crippen molar-refractivity contribution < 1.29 is 5.11 Å². The van der Waals surface area contributed by atoms with E-state index in [4.69, 9.17) is 0 Å². The molecule has 4 heteroatoms. The normalized spacial score (nSPS) is 19.5. The first-order valence-corrected chi connectivity index (χ1v) is 6.88. The molecule has 2 heterocycles. The third-order valence-electron chi connectivity index (χ3n) is 3.68. The van der Waals surface area contributed by atoms with Gasteiger partial charge in [0.1, 0.15) is 11.6 Å². The van der Waals surface area contributed by atoms with Crippen molar-refractivity contribution in [1.29, 1.82) is 0 Å². The molecule has 1 aliphatic rings. The van der Waals surface area contributed by atoms with Crippen LogP contribution >= 0.6 is 0 Å². The van der Waals surface area contributed by atoms with Gasteiger partial charge in [-0.05, 0) is 43.0 Å². The number of benzene rings is 1. The van der Waals surface area contributed by atoms with Gasteiger partial charge in [-0.15, -0.1) is 0 Å². The molecule has 3 N–H and O–H groups in total. The van der Waals surface area contributed by atoms with E-state index in [9.17, 15) is 5.11 Å². The summed E-state index contributed by atoms with van der Waals surface area (Å²) >= 11 is 0. The lowest BCUT2D eigenvalue weighted by Crippen LogP contribution is -2.39. The van der Waals surface area contributed by atoms with Gasteiger partial charge in [0.25, 0.3) is 0 Å². The quantitative estimate of drug-likeness (QED) is 0.790. The van der Waals surface area contributed by atoms with Gasteiger partial charge in [0.05, 0.1) is 0 Å². The molecule has 1 aromatic heterocycles. The minimum Gasteiger partial charge on any atom is -0.508 e. The van der Waals surface area contributed by atoms with Gasteiger partial charge < -0.3 is 15.7 Å². The highest BCUT2D eigenvalue weighted by molar-refractivity contribution is 5.92. The molecule has 100 valence electrons. The maximum atomic E-state index is 9.60. The van der Waals surface area contributed by atoms with Crippen molar-refractivity contribution in [2.75, 3.05) is 18.4 Å². The molecule has 0 amide bonds. The van der Waals surface area contributed by atoms with Crippen LogP contribution in [0.4, 0.5) is 5.82 Å². The van der Waals surface area contributed by atoms with E-state index in [1.54, 1.807) is 18.3 Å². The summed E-state index contributed by atoms with van der Waals surface area (Å²) in [5, 5.41) is 18.6. The maximum absolute atomic E-state index is 9.60. The third kappa shape index (κ3) is 2.79. The van der Waals surface area contributed by atoms with Crippen molar-refractivity contribution in [3.63, 3.8) is 0 Å². The molecule has 4 nitrogen and oxygen atoms in total. The van der Waals surface area contributed by atoms with Crippen molar-refractivity contribution in [3.05, 3.63) is 30.5 Å². The van der Waals surface area contributed by atoms with Crippen molar-refractivity contribution in [2.45, 2.75) is 25.3 Å². The predicted molar refractivity (Wildman–Crippen MR) is 77.5 cm³/mol. The molecule has 19 heavy (non-hydrogen) atoms. The van der Waals surface area contributed by atoms with E-state index in [0.29, 0.717) is 6.04 Å². The Morgan fingerprint density at radius 3 is 3.11 bits per heavy atom. The number of phenolic OH excluding ortho intramolecular Hbond substituents is 1. The lowest BCUT2D eigenvalue weighted by Gasteiger charge is -2.24. The van der Waals surface area contributed by atoms with Gasteiger partial charge in [0.15, 0.2) is 0 Å². The fourth-order valence-corrected chi connectivity index (χ4v) is 2.62. The number of nitrogens with one attached hydrogen (secondary N) is 2. The van der Waals surface area contributed by atoms with Gasteiger partial charge in [0.2, 0.25) is 0 Å².